The van der Waals surface area contributed by atoms with E-state index in [0.717, 1.165) is 71.4 Å². The quantitative estimate of drug-likeness (QED) is 0.716. The minimum Gasteiger partial charge on any atom is -0.368 e. The van der Waals surface area contributed by atoms with Crippen LogP contribution in [0.15, 0.2) is 30.3 Å². The Morgan fingerprint density at radius 1 is 0.939 bits per heavy atom. The Morgan fingerprint density at radius 3 is 2.27 bits per heavy atom. The van der Waals surface area contributed by atoms with E-state index in [1.54, 1.807) is 0 Å². The molecule has 0 bridgehead atoms. The number of piperidine rings is 1. The van der Waals surface area contributed by atoms with Crippen LogP contribution < -0.4 is 15.8 Å². The summed E-state index contributed by atoms with van der Waals surface area (Å²) in [4.78, 5) is 32.7. The second kappa shape index (κ2) is 9.26. The van der Waals surface area contributed by atoms with Gasteiger partial charge < -0.3 is 14.7 Å². The summed E-state index contributed by atoms with van der Waals surface area (Å²) in [6.07, 6.45) is 4.90. The number of hydrazine groups is 1. The van der Waals surface area contributed by atoms with Crippen LogP contribution in [0.5, 0.6) is 0 Å². The van der Waals surface area contributed by atoms with Crippen molar-refractivity contribution in [1.29, 1.82) is 0 Å². The number of hydrogen-bond acceptors (Lipinski definition) is 5. The van der Waals surface area contributed by atoms with Crippen molar-refractivity contribution in [1.82, 2.24) is 20.7 Å². The van der Waals surface area contributed by atoms with E-state index >= 15 is 0 Å². The first-order valence-corrected chi connectivity index (χ1v) is 12.8. The minimum absolute atomic E-state index is 0.111. The molecule has 1 aromatic carbocycles. The van der Waals surface area contributed by atoms with E-state index in [2.05, 4.69) is 58.8 Å². The molecule has 4 aliphatic rings. The molecule has 1 aromatic rings. The largest absolute Gasteiger partial charge is 0.368 e. The Hall–Kier alpha value is -2.12. The van der Waals surface area contributed by atoms with Gasteiger partial charge in [-0.25, -0.2) is 5.43 Å². The molecule has 3 saturated heterocycles. The molecule has 1 spiro atoms. The summed E-state index contributed by atoms with van der Waals surface area (Å²) in [6, 6.07) is 10.7. The van der Waals surface area contributed by atoms with Crippen LogP contribution in [0.25, 0.3) is 0 Å². The van der Waals surface area contributed by atoms with Crippen LogP contribution in [0.2, 0.25) is 0 Å². The number of carbonyl (C=O) groups excluding carboxylic acids is 2. The smallest absolute Gasteiger partial charge is 0.241 e. The van der Waals surface area contributed by atoms with Crippen molar-refractivity contribution in [3.05, 3.63) is 30.3 Å². The number of likely N-dealkylation sites (tertiary alicyclic amines) is 1. The lowest BCUT2D eigenvalue weighted by atomic mass is 9.89. The predicted molar refractivity (Wildman–Crippen MR) is 130 cm³/mol. The third kappa shape index (κ3) is 4.76. The molecule has 1 aliphatic carbocycles. The molecular formula is C26H39N5O2. The van der Waals surface area contributed by atoms with Gasteiger partial charge in [-0.2, -0.15) is 0 Å². The number of benzene rings is 1. The highest BCUT2D eigenvalue weighted by molar-refractivity contribution is 5.84. The molecule has 3 atom stereocenters. The van der Waals surface area contributed by atoms with Crippen molar-refractivity contribution in [2.45, 2.75) is 58.0 Å². The molecule has 1 saturated carbocycles. The maximum atomic E-state index is 13.2. The minimum atomic E-state index is -0.111. The number of anilines is 1. The molecule has 3 aliphatic heterocycles. The molecule has 33 heavy (non-hydrogen) atoms. The van der Waals surface area contributed by atoms with Gasteiger partial charge in [-0.15, -0.1) is 0 Å². The fraction of sp³-hybridized carbons (Fsp3) is 0.692. The summed E-state index contributed by atoms with van der Waals surface area (Å²) in [5.74, 6) is 1.36. The Morgan fingerprint density at radius 2 is 1.61 bits per heavy atom. The zero-order valence-corrected chi connectivity index (χ0v) is 20.1. The van der Waals surface area contributed by atoms with Crippen LogP contribution in [-0.4, -0.2) is 73.0 Å². The van der Waals surface area contributed by atoms with Crippen LogP contribution in [0.4, 0.5) is 5.69 Å². The first-order valence-electron chi connectivity index (χ1n) is 12.8. The molecule has 0 radical (unpaired) electrons. The fourth-order valence-corrected chi connectivity index (χ4v) is 6.19. The zero-order chi connectivity index (χ0) is 23.0. The van der Waals surface area contributed by atoms with E-state index in [1.165, 1.54) is 5.69 Å². The highest BCUT2D eigenvalue weighted by Crippen LogP contribution is 2.60. The lowest BCUT2D eigenvalue weighted by molar-refractivity contribution is -0.135. The Bertz CT molecular complexity index is 843. The van der Waals surface area contributed by atoms with Crippen molar-refractivity contribution in [2.24, 2.45) is 17.3 Å². The number of nitrogens with one attached hydrogen (secondary N) is 2. The van der Waals surface area contributed by atoms with Crippen molar-refractivity contribution in [3.63, 3.8) is 0 Å². The molecular weight excluding hydrogens is 414 g/mol. The predicted octanol–water partition coefficient (Wildman–Crippen LogP) is 2.25. The molecule has 0 aromatic heterocycles. The van der Waals surface area contributed by atoms with Crippen molar-refractivity contribution in [2.75, 3.05) is 44.2 Å². The molecule has 180 valence electrons. The maximum absolute atomic E-state index is 13.2. The van der Waals surface area contributed by atoms with E-state index in [0.29, 0.717) is 17.9 Å². The Balaban J connectivity index is 1.08. The van der Waals surface area contributed by atoms with Gasteiger partial charge in [0.2, 0.25) is 11.8 Å². The van der Waals surface area contributed by atoms with Gasteiger partial charge in [0.15, 0.2) is 0 Å². The summed E-state index contributed by atoms with van der Waals surface area (Å²) in [6.45, 7) is 9.44. The highest BCUT2D eigenvalue weighted by atomic mass is 16.2. The molecule has 2 amide bonds. The van der Waals surface area contributed by atoms with Crippen molar-refractivity contribution < 1.29 is 9.59 Å². The Kier molecular flexibility index (Phi) is 6.36. The number of para-hydroxylation sites is 1. The topological polar surface area (TPSA) is 67.9 Å². The standard InChI is InChI=1S/C26H39N5O2/c1-19(2)16-20-17-23(28-27-20)25(33)30-10-8-26(9-11-30)18-22(26)24(32)31-14-12-29(13-15-31)21-6-4-3-5-7-21/h3-7,19-20,22-23,27-28H,8-18H2,1-2H3. The van der Waals surface area contributed by atoms with Gasteiger partial charge in [0.25, 0.3) is 0 Å². The van der Waals surface area contributed by atoms with Gasteiger partial charge in [-0.3, -0.25) is 15.0 Å². The summed E-state index contributed by atoms with van der Waals surface area (Å²) < 4.78 is 0. The lowest BCUT2D eigenvalue weighted by Gasteiger charge is -2.37. The number of nitrogens with zero attached hydrogens (tertiary/aromatic N) is 3. The lowest BCUT2D eigenvalue weighted by Crippen LogP contribution is -2.51. The van der Waals surface area contributed by atoms with Crippen molar-refractivity contribution in [3.8, 4) is 0 Å². The average Bonchev–Trinajstić information content (AvgIpc) is 3.33. The van der Waals surface area contributed by atoms with E-state index in [1.807, 2.05) is 11.0 Å². The number of piperazine rings is 1. The van der Waals surface area contributed by atoms with E-state index in [-0.39, 0.29) is 23.3 Å². The monoisotopic (exact) mass is 453 g/mol. The van der Waals surface area contributed by atoms with E-state index < -0.39 is 0 Å². The summed E-state index contributed by atoms with van der Waals surface area (Å²) >= 11 is 0. The van der Waals surface area contributed by atoms with Crippen LogP contribution in [-0.2, 0) is 9.59 Å². The molecule has 4 fully saturated rings. The zero-order valence-electron chi connectivity index (χ0n) is 20.1. The van der Waals surface area contributed by atoms with E-state index in [9.17, 15) is 9.59 Å². The number of carbonyl (C=O) groups is 2. The second-order valence-electron chi connectivity index (χ2n) is 11.0. The van der Waals surface area contributed by atoms with Gasteiger partial charge in [0, 0.05) is 56.9 Å². The van der Waals surface area contributed by atoms with Gasteiger partial charge in [0.05, 0.1) is 0 Å². The summed E-state index contributed by atoms with van der Waals surface area (Å²) in [5.41, 5.74) is 7.92. The second-order valence-corrected chi connectivity index (χ2v) is 11.0. The van der Waals surface area contributed by atoms with E-state index in [4.69, 9.17) is 0 Å². The van der Waals surface area contributed by atoms with Crippen molar-refractivity contribution >= 4 is 17.5 Å². The first-order chi connectivity index (χ1) is 15.9. The van der Waals surface area contributed by atoms with Crippen LogP contribution in [0.1, 0.15) is 46.0 Å². The van der Waals surface area contributed by atoms with Gasteiger partial charge in [-0.05, 0) is 55.6 Å². The van der Waals surface area contributed by atoms with Crippen LogP contribution in [0, 0.1) is 17.3 Å². The fourth-order valence-electron chi connectivity index (χ4n) is 6.19. The number of hydrogen-bond donors (Lipinski definition) is 2. The highest BCUT2D eigenvalue weighted by Gasteiger charge is 2.59. The Labute approximate surface area is 197 Å². The summed E-state index contributed by atoms with van der Waals surface area (Å²) in [5, 5.41) is 0. The average molecular weight is 454 g/mol. The van der Waals surface area contributed by atoms with Gasteiger partial charge >= 0.3 is 0 Å². The molecule has 7 heteroatoms. The van der Waals surface area contributed by atoms with Crippen LogP contribution >= 0.6 is 0 Å². The van der Waals surface area contributed by atoms with Gasteiger partial charge in [0.1, 0.15) is 6.04 Å². The molecule has 3 unspecified atom stereocenters. The molecule has 2 N–H and O–H groups in total. The number of amides is 2. The first kappa shape index (κ1) is 22.7. The summed E-state index contributed by atoms with van der Waals surface area (Å²) in [7, 11) is 0. The third-order valence-electron chi connectivity index (χ3n) is 8.31. The maximum Gasteiger partial charge on any atom is 0.241 e. The SMILES string of the molecule is CC(C)CC1CC(C(=O)N2CCC3(CC2)CC3C(=O)N2CCN(c3ccccc3)CC2)NN1. The molecule has 3 heterocycles. The molecule has 5 rings (SSSR count). The number of rotatable bonds is 5. The van der Waals surface area contributed by atoms with Crippen LogP contribution in [0.3, 0.4) is 0 Å². The normalized spacial score (nSPS) is 29.1. The molecule has 7 nitrogen and oxygen atoms in total. The third-order valence-corrected chi connectivity index (χ3v) is 8.31. The van der Waals surface area contributed by atoms with Gasteiger partial charge in [-0.1, -0.05) is 32.0 Å².